The molecule has 2 nitrogen and oxygen atoms in total. The lowest BCUT2D eigenvalue weighted by Crippen LogP contribution is -2.27. The molecular formula is C23H27F3O2. The van der Waals surface area contributed by atoms with E-state index in [0.717, 1.165) is 37.7 Å². The topological polar surface area (TPSA) is 18.5 Å². The molecule has 0 bridgehead atoms. The van der Waals surface area contributed by atoms with Gasteiger partial charge in [0.05, 0.1) is 6.61 Å². The number of rotatable bonds is 7. The Labute approximate surface area is 164 Å². The Morgan fingerprint density at radius 1 is 1.00 bits per heavy atom. The monoisotopic (exact) mass is 392 g/mol. The molecule has 28 heavy (non-hydrogen) atoms. The molecule has 1 heterocycles. The van der Waals surface area contributed by atoms with Gasteiger partial charge in [0.15, 0.2) is 17.9 Å². The van der Waals surface area contributed by atoms with E-state index < -0.39 is 17.5 Å². The Kier molecular flexibility index (Phi) is 7.13. The van der Waals surface area contributed by atoms with Gasteiger partial charge in [-0.25, -0.2) is 13.2 Å². The average molecular weight is 392 g/mol. The minimum atomic E-state index is -1.02. The quantitative estimate of drug-likeness (QED) is 0.500. The number of hydrogen-bond acceptors (Lipinski definition) is 2. The van der Waals surface area contributed by atoms with Crippen LogP contribution < -0.4 is 0 Å². The molecule has 0 amide bonds. The molecule has 1 saturated heterocycles. The molecule has 1 aliphatic rings. The molecule has 2 aromatic rings. The van der Waals surface area contributed by atoms with Crippen LogP contribution in [0.4, 0.5) is 13.2 Å². The summed E-state index contributed by atoms with van der Waals surface area (Å²) in [4.78, 5) is 0. The second-order valence-corrected chi connectivity index (χ2v) is 7.41. The normalized spacial score (nSPS) is 19.8. The van der Waals surface area contributed by atoms with Crippen molar-refractivity contribution in [3.8, 4) is 11.1 Å². The van der Waals surface area contributed by atoms with Crippen LogP contribution in [0.1, 0.15) is 56.1 Å². The fraction of sp³-hybridized carbons (Fsp3) is 0.478. The molecule has 5 heteroatoms. The number of halogens is 3. The van der Waals surface area contributed by atoms with Crippen molar-refractivity contribution in [1.82, 2.24) is 0 Å². The lowest BCUT2D eigenvalue weighted by molar-refractivity contribution is -0.167. The molecule has 2 aromatic carbocycles. The molecule has 1 fully saturated rings. The SMILES string of the molecule is CCCCCOC1CCC(c2ccc(-c3ccc(C)c(F)c3F)c(F)c2)CO1. The predicted molar refractivity (Wildman–Crippen MR) is 104 cm³/mol. The third kappa shape index (κ3) is 4.76. The lowest BCUT2D eigenvalue weighted by Gasteiger charge is -2.29. The van der Waals surface area contributed by atoms with Crippen LogP contribution in [0.5, 0.6) is 0 Å². The van der Waals surface area contributed by atoms with Crippen molar-refractivity contribution in [3.63, 3.8) is 0 Å². The van der Waals surface area contributed by atoms with E-state index in [2.05, 4.69) is 6.92 Å². The highest BCUT2D eigenvalue weighted by Gasteiger charge is 2.24. The minimum Gasteiger partial charge on any atom is -0.353 e. The Morgan fingerprint density at radius 2 is 1.79 bits per heavy atom. The molecule has 1 aliphatic heterocycles. The van der Waals surface area contributed by atoms with E-state index in [4.69, 9.17) is 9.47 Å². The summed E-state index contributed by atoms with van der Waals surface area (Å²) in [7, 11) is 0. The zero-order valence-electron chi connectivity index (χ0n) is 16.4. The number of hydrogen-bond donors (Lipinski definition) is 0. The van der Waals surface area contributed by atoms with Gasteiger partial charge in [0.2, 0.25) is 0 Å². The van der Waals surface area contributed by atoms with Crippen LogP contribution in [0.3, 0.4) is 0 Å². The van der Waals surface area contributed by atoms with Gasteiger partial charge in [-0.05, 0) is 43.4 Å². The summed E-state index contributed by atoms with van der Waals surface area (Å²) in [5, 5.41) is 0. The molecule has 0 saturated carbocycles. The standard InChI is InChI=1S/C23H27F3O2/c1-3-4-5-12-27-21-11-8-17(14-28-21)16-7-10-18(20(24)13-16)19-9-6-15(2)22(25)23(19)26/h6-7,9-10,13,17,21H,3-5,8,11-12,14H2,1-2H3. The van der Waals surface area contributed by atoms with Crippen molar-refractivity contribution in [3.05, 3.63) is 58.9 Å². The van der Waals surface area contributed by atoms with Crippen LogP contribution in [-0.2, 0) is 9.47 Å². The van der Waals surface area contributed by atoms with Crippen LogP contribution in [0, 0.1) is 24.4 Å². The van der Waals surface area contributed by atoms with E-state index >= 15 is 0 Å². The minimum absolute atomic E-state index is 0.0624. The molecular weight excluding hydrogens is 365 g/mol. The van der Waals surface area contributed by atoms with Crippen LogP contribution >= 0.6 is 0 Å². The molecule has 3 rings (SSSR count). The maximum absolute atomic E-state index is 14.7. The van der Waals surface area contributed by atoms with Gasteiger partial charge in [-0.3, -0.25) is 0 Å². The van der Waals surface area contributed by atoms with Crippen LogP contribution in [0.25, 0.3) is 11.1 Å². The van der Waals surface area contributed by atoms with Crippen molar-refractivity contribution in [2.45, 2.75) is 58.2 Å². The highest BCUT2D eigenvalue weighted by molar-refractivity contribution is 5.66. The summed E-state index contributed by atoms with van der Waals surface area (Å²) in [6.45, 7) is 4.79. The highest BCUT2D eigenvalue weighted by Crippen LogP contribution is 2.33. The van der Waals surface area contributed by atoms with Crippen molar-refractivity contribution in [1.29, 1.82) is 0 Å². The van der Waals surface area contributed by atoms with Crippen molar-refractivity contribution < 1.29 is 22.6 Å². The third-order valence-electron chi connectivity index (χ3n) is 5.32. The fourth-order valence-electron chi connectivity index (χ4n) is 3.55. The Hall–Kier alpha value is -1.85. The predicted octanol–water partition coefficient (Wildman–Crippen LogP) is 6.51. The molecule has 0 radical (unpaired) electrons. The molecule has 2 atom stereocenters. The molecule has 0 aromatic heterocycles. The third-order valence-corrected chi connectivity index (χ3v) is 5.32. The number of aryl methyl sites for hydroxylation is 1. The maximum Gasteiger partial charge on any atom is 0.167 e. The summed E-state index contributed by atoms with van der Waals surface area (Å²) in [6, 6.07) is 7.56. The van der Waals surface area contributed by atoms with E-state index in [1.807, 2.05) is 0 Å². The van der Waals surface area contributed by atoms with Crippen molar-refractivity contribution >= 4 is 0 Å². The van der Waals surface area contributed by atoms with Gasteiger partial charge in [0, 0.05) is 23.7 Å². The van der Waals surface area contributed by atoms with E-state index in [0.29, 0.717) is 13.2 Å². The summed E-state index contributed by atoms with van der Waals surface area (Å²) < 4.78 is 54.2. The van der Waals surface area contributed by atoms with Gasteiger partial charge in [0.25, 0.3) is 0 Å². The molecule has 2 unspecified atom stereocenters. The largest absolute Gasteiger partial charge is 0.353 e. The van der Waals surface area contributed by atoms with Crippen molar-refractivity contribution in [2.24, 2.45) is 0 Å². The molecule has 0 N–H and O–H groups in total. The van der Waals surface area contributed by atoms with Gasteiger partial charge in [0.1, 0.15) is 5.82 Å². The van der Waals surface area contributed by atoms with E-state index in [-0.39, 0.29) is 28.9 Å². The summed E-state index contributed by atoms with van der Waals surface area (Å²) in [6.07, 6.45) is 4.73. The van der Waals surface area contributed by atoms with Crippen molar-refractivity contribution in [2.75, 3.05) is 13.2 Å². The van der Waals surface area contributed by atoms with Gasteiger partial charge >= 0.3 is 0 Å². The summed E-state index contributed by atoms with van der Waals surface area (Å²) >= 11 is 0. The number of ether oxygens (including phenoxy) is 2. The maximum atomic E-state index is 14.7. The Balaban J connectivity index is 1.65. The highest BCUT2D eigenvalue weighted by atomic mass is 19.2. The van der Waals surface area contributed by atoms with E-state index in [1.54, 1.807) is 6.07 Å². The Morgan fingerprint density at radius 3 is 2.46 bits per heavy atom. The first-order valence-corrected chi connectivity index (χ1v) is 9.98. The van der Waals surface area contributed by atoms with Gasteiger partial charge in [-0.2, -0.15) is 0 Å². The summed E-state index contributed by atoms with van der Waals surface area (Å²) in [5.74, 6) is -2.45. The first-order valence-electron chi connectivity index (χ1n) is 9.98. The number of unbranched alkanes of at least 4 members (excludes halogenated alkanes) is 2. The average Bonchev–Trinajstić information content (AvgIpc) is 2.71. The Bertz CT molecular complexity index is 799. The zero-order chi connectivity index (χ0) is 20.1. The molecule has 152 valence electrons. The van der Waals surface area contributed by atoms with Gasteiger partial charge in [-0.1, -0.05) is 44.0 Å². The fourth-order valence-corrected chi connectivity index (χ4v) is 3.55. The first-order chi connectivity index (χ1) is 13.5. The number of benzene rings is 2. The summed E-state index contributed by atoms with van der Waals surface area (Å²) in [5.41, 5.74) is 1.00. The van der Waals surface area contributed by atoms with E-state index in [9.17, 15) is 13.2 Å². The van der Waals surface area contributed by atoms with Crippen LogP contribution in [0.15, 0.2) is 30.3 Å². The second-order valence-electron chi connectivity index (χ2n) is 7.41. The molecule has 0 spiro atoms. The molecule has 0 aliphatic carbocycles. The van der Waals surface area contributed by atoms with Crippen LogP contribution in [-0.4, -0.2) is 19.5 Å². The van der Waals surface area contributed by atoms with Gasteiger partial charge < -0.3 is 9.47 Å². The van der Waals surface area contributed by atoms with E-state index in [1.165, 1.54) is 31.2 Å². The smallest absolute Gasteiger partial charge is 0.167 e. The lowest BCUT2D eigenvalue weighted by atomic mass is 9.91. The second kappa shape index (κ2) is 9.57. The van der Waals surface area contributed by atoms with Gasteiger partial charge in [-0.15, -0.1) is 0 Å². The van der Waals surface area contributed by atoms with Crippen LogP contribution in [0.2, 0.25) is 0 Å². The zero-order valence-corrected chi connectivity index (χ0v) is 16.4. The first kappa shape index (κ1) is 20.9.